The summed E-state index contributed by atoms with van der Waals surface area (Å²) in [5, 5.41) is 4.52. The minimum Gasteiger partial charge on any atom is -0.298 e. The second-order valence-corrected chi connectivity index (χ2v) is 9.92. The fourth-order valence-electron chi connectivity index (χ4n) is 4.70. The van der Waals surface area contributed by atoms with Gasteiger partial charge < -0.3 is 0 Å². The highest BCUT2D eigenvalue weighted by molar-refractivity contribution is 7.11. The predicted octanol–water partition coefficient (Wildman–Crippen LogP) is 2.41. The number of thiophene rings is 1. The van der Waals surface area contributed by atoms with Gasteiger partial charge >= 0.3 is 11.1 Å². The summed E-state index contributed by atoms with van der Waals surface area (Å²) in [4.78, 5) is 30.5. The minimum absolute atomic E-state index is 0.0348. The van der Waals surface area contributed by atoms with Crippen LogP contribution in [0.2, 0.25) is 0 Å². The molecule has 1 atom stereocenters. The van der Waals surface area contributed by atoms with Crippen molar-refractivity contribution in [2.45, 2.75) is 39.4 Å². The van der Waals surface area contributed by atoms with Crippen molar-refractivity contribution in [1.82, 2.24) is 19.2 Å². The number of aryl methyl sites for hydroxylation is 1. The third kappa shape index (κ3) is 3.54. The van der Waals surface area contributed by atoms with Gasteiger partial charge in [0.1, 0.15) is 11.6 Å². The lowest BCUT2D eigenvalue weighted by Gasteiger charge is -2.22. The molecule has 0 aliphatic carbocycles. The molecule has 4 heterocycles. The fraction of sp³-hybridized carbons (Fsp3) is 0.409. The SMILES string of the molecule is Cc1ccc(CN2CC[C@@]3(Cc4nn(Cc5ccc(F)cc5)c(=O)c(=O)n4C3)C2)s1. The first kappa shape index (κ1) is 19.4. The quantitative estimate of drug-likeness (QED) is 0.601. The second-order valence-electron chi connectivity index (χ2n) is 8.55. The summed E-state index contributed by atoms with van der Waals surface area (Å²) in [5.74, 6) is 0.342. The maximum absolute atomic E-state index is 13.1. The van der Waals surface area contributed by atoms with Crippen molar-refractivity contribution in [2.75, 3.05) is 13.1 Å². The molecule has 2 aromatic heterocycles. The minimum atomic E-state index is -0.621. The van der Waals surface area contributed by atoms with E-state index in [0.717, 1.165) is 31.6 Å². The summed E-state index contributed by atoms with van der Waals surface area (Å²) in [6.07, 6.45) is 1.69. The average Bonchev–Trinajstić information content (AvgIpc) is 3.41. The zero-order valence-electron chi connectivity index (χ0n) is 16.8. The Balaban J connectivity index is 1.36. The number of halogens is 1. The Morgan fingerprint density at radius 3 is 2.60 bits per heavy atom. The van der Waals surface area contributed by atoms with Crippen LogP contribution in [0.4, 0.5) is 4.39 Å². The summed E-state index contributed by atoms with van der Waals surface area (Å²) in [7, 11) is 0. The summed E-state index contributed by atoms with van der Waals surface area (Å²) in [5.41, 5.74) is -0.427. The second kappa shape index (κ2) is 7.28. The van der Waals surface area contributed by atoms with Crippen LogP contribution in [0.5, 0.6) is 0 Å². The topological polar surface area (TPSA) is 60.1 Å². The van der Waals surface area contributed by atoms with Gasteiger partial charge in [0.2, 0.25) is 0 Å². The zero-order chi connectivity index (χ0) is 20.9. The van der Waals surface area contributed by atoms with Crippen LogP contribution in [0.25, 0.3) is 0 Å². The van der Waals surface area contributed by atoms with Gasteiger partial charge in [0.05, 0.1) is 6.54 Å². The molecule has 6 nitrogen and oxygen atoms in total. The van der Waals surface area contributed by atoms with Gasteiger partial charge in [-0.3, -0.25) is 19.1 Å². The number of aromatic nitrogens is 3. The van der Waals surface area contributed by atoms with Gasteiger partial charge in [0.25, 0.3) is 0 Å². The number of hydrogen-bond acceptors (Lipinski definition) is 5. The number of likely N-dealkylation sites (tertiary alicyclic amines) is 1. The molecule has 3 aromatic rings. The molecule has 1 aromatic carbocycles. The normalized spacial score (nSPS) is 20.9. The van der Waals surface area contributed by atoms with Gasteiger partial charge in [-0.15, -0.1) is 11.3 Å². The van der Waals surface area contributed by atoms with Gasteiger partial charge in [-0.1, -0.05) is 12.1 Å². The van der Waals surface area contributed by atoms with E-state index < -0.39 is 11.1 Å². The first-order valence-electron chi connectivity index (χ1n) is 10.1. The van der Waals surface area contributed by atoms with Crippen LogP contribution in [-0.4, -0.2) is 32.3 Å². The van der Waals surface area contributed by atoms with Crippen molar-refractivity contribution in [3.63, 3.8) is 0 Å². The van der Waals surface area contributed by atoms with Crippen LogP contribution in [-0.2, 0) is 26.1 Å². The number of rotatable bonds is 4. The first-order chi connectivity index (χ1) is 14.4. The highest BCUT2D eigenvalue weighted by atomic mass is 32.1. The molecule has 5 rings (SSSR count). The molecule has 0 bridgehead atoms. The molecule has 1 spiro atoms. The summed E-state index contributed by atoms with van der Waals surface area (Å²) >= 11 is 1.82. The van der Waals surface area contributed by atoms with Crippen molar-refractivity contribution in [3.8, 4) is 0 Å². The molecule has 2 aliphatic rings. The Labute approximate surface area is 177 Å². The molecule has 0 unspecified atom stereocenters. The van der Waals surface area contributed by atoms with Crippen LogP contribution < -0.4 is 11.1 Å². The van der Waals surface area contributed by atoms with Crippen LogP contribution >= 0.6 is 11.3 Å². The lowest BCUT2D eigenvalue weighted by atomic mass is 9.86. The van der Waals surface area contributed by atoms with Crippen LogP contribution in [0.1, 0.15) is 27.6 Å². The van der Waals surface area contributed by atoms with E-state index >= 15 is 0 Å². The van der Waals surface area contributed by atoms with Crippen LogP contribution in [0.3, 0.4) is 0 Å². The van der Waals surface area contributed by atoms with Gasteiger partial charge in [-0.25, -0.2) is 9.07 Å². The molecule has 8 heteroatoms. The molecule has 1 fully saturated rings. The Morgan fingerprint density at radius 1 is 1.07 bits per heavy atom. The maximum Gasteiger partial charge on any atom is 0.332 e. The molecule has 2 aliphatic heterocycles. The highest BCUT2D eigenvalue weighted by Crippen LogP contribution is 2.39. The molecule has 1 saturated heterocycles. The molecule has 0 saturated carbocycles. The third-order valence-corrected chi connectivity index (χ3v) is 7.16. The maximum atomic E-state index is 13.1. The van der Waals surface area contributed by atoms with Crippen molar-refractivity contribution < 1.29 is 4.39 Å². The van der Waals surface area contributed by atoms with Gasteiger partial charge in [0, 0.05) is 41.2 Å². The monoisotopic (exact) mass is 426 g/mol. The smallest absolute Gasteiger partial charge is 0.298 e. The Bertz CT molecular complexity index is 1210. The van der Waals surface area contributed by atoms with E-state index in [2.05, 4.69) is 29.1 Å². The van der Waals surface area contributed by atoms with Gasteiger partial charge in [0.15, 0.2) is 0 Å². The number of hydrogen-bond donors (Lipinski definition) is 0. The third-order valence-electron chi connectivity index (χ3n) is 6.18. The molecule has 0 N–H and O–H groups in total. The summed E-state index contributed by atoms with van der Waals surface area (Å²) in [6, 6.07) is 10.2. The first-order valence-corrected chi connectivity index (χ1v) is 11.0. The van der Waals surface area contributed by atoms with E-state index in [4.69, 9.17) is 0 Å². The van der Waals surface area contributed by atoms with Crippen molar-refractivity contribution in [3.05, 3.63) is 84.1 Å². The van der Waals surface area contributed by atoms with E-state index in [-0.39, 0.29) is 17.8 Å². The molecule has 156 valence electrons. The van der Waals surface area contributed by atoms with E-state index in [1.54, 1.807) is 16.7 Å². The summed E-state index contributed by atoms with van der Waals surface area (Å²) in [6.45, 7) is 5.65. The lowest BCUT2D eigenvalue weighted by Crippen LogP contribution is -2.43. The molecule has 0 amide bonds. The Hall–Kier alpha value is -2.58. The molecular formula is C22H23FN4O2S. The predicted molar refractivity (Wildman–Crippen MR) is 113 cm³/mol. The average molecular weight is 427 g/mol. The fourth-order valence-corrected chi connectivity index (χ4v) is 5.63. The van der Waals surface area contributed by atoms with Crippen LogP contribution in [0.15, 0.2) is 46.0 Å². The van der Waals surface area contributed by atoms with E-state index in [0.29, 0.717) is 18.8 Å². The van der Waals surface area contributed by atoms with Crippen molar-refractivity contribution in [2.24, 2.45) is 5.41 Å². The van der Waals surface area contributed by atoms with Crippen LogP contribution in [0, 0.1) is 18.2 Å². The Morgan fingerprint density at radius 2 is 1.87 bits per heavy atom. The molecule has 0 radical (unpaired) electrons. The number of fused-ring (bicyclic) bond motifs is 1. The van der Waals surface area contributed by atoms with Crippen molar-refractivity contribution >= 4 is 11.3 Å². The molecule has 30 heavy (non-hydrogen) atoms. The van der Waals surface area contributed by atoms with E-state index in [9.17, 15) is 14.0 Å². The molecular weight excluding hydrogens is 403 g/mol. The Kier molecular flexibility index (Phi) is 4.71. The standard InChI is InChI=1S/C22H23FN4O2S/c1-15-2-7-18(30-15)12-25-9-8-22(13-25)10-19-24-27(21(29)20(28)26(19)14-22)11-16-3-5-17(23)6-4-16/h2-7H,8-14H2,1H3/t22-/m1/s1. The number of benzene rings is 1. The van der Waals surface area contributed by atoms with E-state index in [1.165, 1.54) is 26.6 Å². The zero-order valence-corrected chi connectivity index (χ0v) is 17.6. The lowest BCUT2D eigenvalue weighted by molar-refractivity contribution is 0.247. The van der Waals surface area contributed by atoms with E-state index in [1.807, 2.05) is 11.3 Å². The van der Waals surface area contributed by atoms with Gasteiger partial charge in [-0.05, 0) is 49.7 Å². The number of nitrogens with zero attached hydrogens (tertiary/aromatic N) is 4. The van der Waals surface area contributed by atoms with Gasteiger partial charge in [-0.2, -0.15) is 5.10 Å². The van der Waals surface area contributed by atoms with Crippen molar-refractivity contribution in [1.29, 1.82) is 0 Å². The largest absolute Gasteiger partial charge is 0.332 e. The summed E-state index contributed by atoms with van der Waals surface area (Å²) < 4.78 is 15.9. The highest BCUT2D eigenvalue weighted by Gasteiger charge is 2.44.